The smallest absolute Gasteiger partial charge is 0.326 e. The van der Waals surface area contributed by atoms with Gasteiger partial charge in [0.2, 0.25) is 0 Å². The van der Waals surface area contributed by atoms with Gasteiger partial charge in [-0.25, -0.2) is 4.79 Å². The number of hydrogen-bond acceptors (Lipinski definition) is 2. The molecule has 0 saturated carbocycles. The van der Waals surface area contributed by atoms with Gasteiger partial charge in [0.15, 0.2) is 0 Å². The lowest BCUT2D eigenvalue weighted by Crippen LogP contribution is -2.44. The quantitative estimate of drug-likeness (QED) is 0.722. The van der Waals surface area contributed by atoms with E-state index in [9.17, 15) is 9.90 Å². The second kappa shape index (κ2) is 7.82. The van der Waals surface area contributed by atoms with Crippen molar-refractivity contribution in [1.29, 1.82) is 0 Å². The zero-order chi connectivity index (χ0) is 14.3. The number of benzene rings is 1. The third-order valence-electron chi connectivity index (χ3n) is 3.53. The summed E-state index contributed by atoms with van der Waals surface area (Å²) in [7, 11) is 0. The zero-order valence-corrected chi connectivity index (χ0v) is 12.2. The summed E-state index contributed by atoms with van der Waals surface area (Å²) >= 11 is 0. The lowest BCUT2D eigenvalue weighted by Gasteiger charge is -2.34. The number of aliphatic carboxylic acids is 1. The van der Waals surface area contributed by atoms with Gasteiger partial charge >= 0.3 is 5.97 Å². The number of para-hydroxylation sites is 1. The van der Waals surface area contributed by atoms with E-state index in [1.807, 2.05) is 35.2 Å². The Bertz CT molecular complexity index is 378. The minimum Gasteiger partial charge on any atom is -0.480 e. The topological polar surface area (TPSA) is 40.5 Å². The fourth-order valence-corrected chi connectivity index (χ4v) is 2.41. The fourth-order valence-electron chi connectivity index (χ4n) is 2.41. The summed E-state index contributed by atoms with van der Waals surface area (Å²) in [5.41, 5.74) is 0.987. The van der Waals surface area contributed by atoms with Gasteiger partial charge in [-0.05, 0) is 32.4 Å². The van der Waals surface area contributed by atoms with Crippen molar-refractivity contribution in [3.63, 3.8) is 0 Å². The molecule has 0 heterocycles. The highest BCUT2D eigenvalue weighted by Gasteiger charge is 2.25. The summed E-state index contributed by atoms with van der Waals surface area (Å²) in [6, 6.07) is 9.56. The molecule has 0 bridgehead atoms. The molecule has 106 valence electrons. The van der Waals surface area contributed by atoms with Crippen LogP contribution >= 0.6 is 0 Å². The van der Waals surface area contributed by atoms with Gasteiger partial charge in [0.25, 0.3) is 0 Å². The molecule has 0 radical (unpaired) electrons. The van der Waals surface area contributed by atoms with Crippen LogP contribution in [0.3, 0.4) is 0 Å². The number of rotatable bonds is 8. The number of carbonyl (C=O) groups is 1. The average Bonchev–Trinajstić information content (AvgIpc) is 2.40. The molecular weight excluding hydrogens is 238 g/mol. The van der Waals surface area contributed by atoms with Crippen LogP contribution in [0.15, 0.2) is 30.3 Å². The highest BCUT2D eigenvalue weighted by molar-refractivity contribution is 5.77. The van der Waals surface area contributed by atoms with E-state index < -0.39 is 12.0 Å². The van der Waals surface area contributed by atoms with Crippen molar-refractivity contribution in [2.24, 2.45) is 0 Å². The molecule has 0 aromatic heterocycles. The first-order chi connectivity index (χ1) is 9.07. The Balaban J connectivity index is 2.83. The first kappa shape index (κ1) is 15.5. The van der Waals surface area contributed by atoms with Crippen LogP contribution in [-0.4, -0.2) is 23.2 Å². The van der Waals surface area contributed by atoms with Crippen LogP contribution < -0.4 is 4.90 Å². The van der Waals surface area contributed by atoms with Crippen molar-refractivity contribution in [2.45, 2.75) is 58.5 Å². The van der Waals surface area contributed by atoms with Crippen molar-refractivity contribution >= 4 is 11.7 Å². The summed E-state index contributed by atoms with van der Waals surface area (Å²) in [6.07, 6.45) is 4.56. The minimum atomic E-state index is -0.772. The van der Waals surface area contributed by atoms with E-state index in [-0.39, 0.29) is 6.04 Å². The van der Waals surface area contributed by atoms with Crippen molar-refractivity contribution in [2.75, 3.05) is 4.90 Å². The lowest BCUT2D eigenvalue weighted by molar-refractivity contribution is -0.138. The number of hydrogen-bond donors (Lipinski definition) is 1. The third kappa shape index (κ3) is 4.58. The third-order valence-corrected chi connectivity index (χ3v) is 3.53. The monoisotopic (exact) mass is 263 g/mol. The molecule has 3 heteroatoms. The molecule has 0 fully saturated rings. The van der Waals surface area contributed by atoms with E-state index >= 15 is 0 Å². The SMILES string of the molecule is CCCCCC(C)N(c1ccccc1)[C@@H](C)C(=O)O. The molecule has 0 saturated heterocycles. The van der Waals surface area contributed by atoms with Crippen LogP contribution in [0.5, 0.6) is 0 Å². The molecule has 0 spiro atoms. The van der Waals surface area contributed by atoms with E-state index in [2.05, 4.69) is 13.8 Å². The fraction of sp³-hybridized carbons (Fsp3) is 0.562. The molecule has 1 N–H and O–H groups in total. The van der Waals surface area contributed by atoms with E-state index in [0.717, 1.165) is 18.5 Å². The van der Waals surface area contributed by atoms with Gasteiger partial charge in [0, 0.05) is 11.7 Å². The van der Waals surface area contributed by atoms with E-state index in [0.29, 0.717) is 0 Å². The van der Waals surface area contributed by atoms with Crippen LogP contribution in [-0.2, 0) is 4.79 Å². The number of carboxylic acid groups (broad SMARTS) is 1. The predicted molar refractivity (Wildman–Crippen MR) is 79.6 cm³/mol. The van der Waals surface area contributed by atoms with Crippen LogP contribution in [0, 0.1) is 0 Å². The Morgan fingerprint density at radius 1 is 1.21 bits per heavy atom. The van der Waals surface area contributed by atoms with Gasteiger partial charge in [0.05, 0.1) is 0 Å². The number of nitrogens with zero attached hydrogens (tertiary/aromatic N) is 1. The number of anilines is 1. The largest absolute Gasteiger partial charge is 0.480 e. The summed E-state index contributed by atoms with van der Waals surface area (Å²) in [6.45, 7) is 6.05. The lowest BCUT2D eigenvalue weighted by atomic mass is 10.1. The normalized spacial score (nSPS) is 13.8. The number of unbranched alkanes of at least 4 members (excludes halogenated alkanes) is 2. The van der Waals surface area contributed by atoms with E-state index in [1.54, 1.807) is 6.92 Å². The Hall–Kier alpha value is -1.51. The second-order valence-electron chi connectivity index (χ2n) is 5.10. The van der Waals surface area contributed by atoms with Crippen LogP contribution in [0.4, 0.5) is 5.69 Å². The number of carboxylic acids is 1. The van der Waals surface area contributed by atoms with Gasteiger partial charge in [-0.15, -0.1) is 0 Å². The van der Waals surface area contributed by atoms with Crippen LogP contribution in [0.25, 0.3) is 0 Å². The van der Waals surface area contributed by atoms with Crippen molar-refractivity contribution in [3.05, 3.63) is 30.3 Å². The molecule has 3 nitrogen and oxygen atoms in total. The highest BCUT2D eigenvalue weighted by atomic mass is 16.4. The zero-order valence-electron chi connectivity index (χ0n) is 12.2. The molecule has 0 aliphatic heterocycles. The van der Waals surface area contributed by atoms with E-state index in [1.165, 1.54) is 12.8 Å². The molecule has 1 aromatic carbocycles. The van der Waals surface area contributed by atoms with Gasteiger partial charge in [-0.1, -0.05) is 44.4 Å². The van der Waals surface area contributed by atoms with Crippen molar-refractivity contribution in [1.82, 2.24) is 0 Å². The molecule has 1 rings (SSSR count). The Kier molecular flexibility index (Phi) is 6.40. The first-order valence-electron chi connectivity index (χ1n) is 7.14. The molecule has 0 amide bonds. The molecular formula is C16H25NO2. The molecule has 19 heavy (non-hydrogen) atoms. The Morgan fingerprint density at radius 2 is 1.84 bits per heavy atom. The molecule has 0 aliphatic carbocycles. The first-order valence-corrected chi connectivity index (χ1v) is 7.14. The van der Waals surface area contributed by atoms with Crippen LogP contribution in [0.1, 0.15) is 46.5 Å². The maximum Gasteiger partial charge on any atom is 0.326 e. The summed E-state index contributed by atoms with van der Waals surface area (Å²) in [5, 5.41) is 9.29. The predicted octanol–water partition coefficient (Wildman–Crippen LogP) is 3.93. The van der Waals surface area contributed by atoms with E-state index in [4.69, 9.17) is 0 Å². The minimum absolute atomic E-state index is 0.236. The maximum atomic E-state index is 11.3. The standard InChI is InChI=1S/C16H25NO2/c1-4-5-7-10-13(2)17(14(3)16(18)19)15-11-8-6-9-12-15/h6,8-9,11-14H,4-5,7,10H2,1-3H3,(H,18,19)/t13?,14-/m0/s1. The van der Waals surface area contributed by atoms with Gasteiger partial charge in [-0.2, -0.15) is 0 Å². The summed E-state index contributed by atoms with van der Waals surface area (Å²) in [4.78, 5) is 13.3. The Morgan fingerprint density at radius 3 is 2.37 bits per heavy atom. The Labute approximate surface area is 116 Å². The average molecular weight is 263 g/mol. The molecule has 1 aromatic rings. The van der Waals surface area contributed by atoms with Gasteiger partial charge < -0.3 is 10.0 Å². The summed E-state index contributed by atoms with van der Waals surface area (Å²) < 4.78 is 0. The van der Waals surface area contributed by atoms with Crippen LogP contribution in [0.2, 0.25) is 0 Å². The van der Waals surface area contributed by atoms with Crippen molar-refractivity contribution in [3.8, 4) is 0 Å². The maximum absolute atomic E-state index is 11.3. The second-order valence-corrected chi connectivity index (χ2v) is 5.10. The molecule has 2 atom stereocenters. The summed E-state index contributed by atoms with van der Waals surface area (Å²) in [5.74, 6) is -0.772. The van der Waals surface area contributed by atoms with Gasteiger partial charge in [0.1, 0.15) is 6.04 Å². The molecule has 1 unspecified atom stereocenters. The van der Waals surface area contributed by atoms with Crippen molar-refractivity contribution < 1.29 is 9.90 Å². The van der Waals surface area contributed by atoms with Gasteiger partial charge in [-0.3, -0.25) is 0 Å². The highest BCUT2D eigenvalue weighted by Crippen LogP contribution is 2.22. The molecule has 0 aliphatic rings.